The number of hydrogen-bond donors (Lipinski definition) is 1. The minimum absolute atomic E-state index is 0.197. The molecule has 0 spiro atoms. The Morgan fingerprint density at radius 3 is 2.47 bits per heavy atom. The van der Waals surface area contributed by atoms with Gasteiger partial charge in [-0.15, -0.1) is 0 Å². The predicted molar refractivity (Wildman–Crippen MR) is 131 cm³/mol. The number of nitrogens with one attached hydrogen (secondary N) is 1. The molecule has 0 bridgehead atoms. The van der Waals surface area contributed by atoms with Crippen LogP contribution in [-0.4, -0.2) is 18.2 Å². The molecule has 0 unspecified atom stereocenters. The molecule has 3 aromatic rings. The summed E-state index contributed by atoms with van der Waals surface area (Å²) in [4.78, 5) is 13.2. The number of amides is 1. The zero-order valence-corrected chi connectivity index (χ0v) is 19.2. The van der Waals surface area contributed by atoms with Crippen molar-refractivity contribution in [3.05, 3.63) is 92.9 Å². The van der Waals surface area contributed by atoms with Gasteiger partial charge in [-0.2, -0.15) is 5.10 Å². The molecule has 2 heterocycles. The van der Waals surface area contributed by atoms with Crippen molar-refractivity contribution in [2.75, 3.05) is 16.6 Å². The maximum Gasteiger partial charge on any atom is 0.286 e. The maximum atomic E-state index is 13.2. The minimum Gasteiger partial charge on any atom is -0.285 e. The van der Waals surface area contributed by atoms with Crippen LogP contribution in [-0.2, 0) is 11.2 Å². The highest BCUT2D eigenvalue weighted by Crippen LogP contribution is 2.40. The maximum absolute atomic E-state index is 13.2. The number of hydrazone groups is 1. The van der Waals surface area contributed by atoms with Crippen LogP contribution in [0.25, 0.3) is 0 Å². The molecule has 0 saturated heterocycles. The number of fused-ring (bicyclic) bond motifs is 1. The van der Waals surface area contributed by atoms with Crippen LogP contribution in [0.2, 0.25) is 15.1 Å². The summed E-state index contributed by atoms with van der Waals surface area (Å²) in [6.45, 7) is 0.728. The summed E-state index contributed by atoms with van der Waals surface area (Å²) in [6.07, 6.45) is 1.32. The molecule has 2 aliphatic rings. The van der Waals surface area contributed by atoms with Gasteiger partial charge < -0.3 is 0 Å². The van der Waals surface area contributed by atoms with Crippen molar-refractivity contribution in [3.63, 3.8) is 0 Å². The third-order valence-corrected chi connectivity index (χ3v) is 6.50. The fourth-order valence-electron chi connectivity index (χ4n) is 4.12. The summed E-state index contributed by atoms with van der Waals surface area (Å²) in [5.41, 5.74) is 7.35. The van der Waals surface area contributed by atoms with E-state index < -0.39 is 0 Å². The first kappa shape index (κ1) is 21.1. The number of para-hydroxylation sites is 1. The monoisotopic (exact) mass is 484 g/mol. The first-order chi connectivity index (χ1) is 15.5. The molecular weight excluding hydrogens is 467 g/mol. The van der Waals surface area contributed by atoms with Gasteiger partial charge in [-0.25, -0.2) is 0 Å². The third-order valence-electron chi connectivity index (χ3n) is 5.71. The Kier molecular flexibility index (Phi) is 5.72. The van der Waals surface area contributed by atoms with Crippen molar-refractivity contribution < 1.29 is 4.79 Å². The second-order valence-corrected chi connectivity index (χ2v) is 9.01. The summed E-state index contributed by atoms with van der Waals surface area (Å²) >= 11 is 18.7. The molecule has 1 atom stereocenters. The lowest BCUT2D eigenvalue weighted by atomic mass is 10.0. The molecule has 1 N–H and O–H groups in total. The normalized spacial score (nSPS) is 17.3. The van der Waals surface area contributed by atoms with E-state index in [4.69, 9.17) is 34.8 Å². The van der Waals surface area contributed by atoms with Gasteiger partial charge in [0.15, 0.2) is 0 Å². The molecule has 0 radical (unpaired) electrons. The summed E-state index contributed by atoms with van der Waals surface area (Å²) in [6, 6.07) is 20.7. The van der Waals surface area contributed by atoms with E-state index in [-0.39, 0.29) is 11.9 Å². The molecule has 5 nitrogen and oxygen atoms in total. The standard InChI is InChI=1S/C24H19Cl3N4O/c25-17-7-5-16(6-8-17)23-14-20(28-31(23)22-10-9-18(26)13-19(22)27)24(32)29-30-12-11-15-3-1-2-4-21(15)30/h1-10,13,23H,11-12,14H2,(H,29,32)/t23-/m1/s1. The van der Waals surface area contributed by atoms with Crippen LogP contribution in [0.15, 0.2) is 71.8 Å². The second kappa shape index (κ2) is 8.66. The van der Waals surface area contributed by atoms with Gasteiger partial charge >= 0.3 is 0 Å². The lowest BCUT2D eigenvalue weighted by molar-refractivity contribution is -0.115. The summed E-state index contributed by atoms with van der Waals surface area (Å²) in [5, 5.41) is 10.0. The molecule has 0 aliphatic carbocycles. The Bertz CT molecular complexity index is 1210. The molecule has 162 valence electrons. The van der Waals surface area contributed by atoms with Crippen LogP contribution >= 0.6 is 34.8 Å². The van der Waals surface area contributed by atoms with Crippen LogP contribution < -0.4 is 15.4 Å². The van der Waals surface area contributed by atoms with Crippen molar-refractivity contribution >= 4 is 57.8 Å². The minimum atomic E-state index is -0.228. The van der Waals surface area contributed by atoms with Gasteiger partial charge in [0.05, 0.1) is 22.4 Å². The summed E-state index contributed by atoms with van der Waals surface area (Å²) < 4.78 is 0. The smallest absolute Gasteiger partial charge is 0.285 e. The molecule has 0 aromatic heterocycles. The van der Waals surface area contributed by atoms with Gasteiger partial charge in [0.25, 0.3) is 5.91 Å². The van der Waals surface area contributed by atoms with E-state index in [0.29, 0.717) is 32.9 Å². The third kappa shape index (κ3) is 4.04. The van der Waals surface area contributed by atoms with Gasteiger partial charge in [-0.1, -0.05) is 65.1 Å². The number of rotatable bonds is 4. The Morgan fingerprint density at radius 2 is 1.69 bits per heavy atom. The number of nitrogens with zero attached hydrogens (tertiary/aromatic N) is 3. The largest absolute Gasteiger partial charge is 0.286 e. The van der Waals surface area contributed by atoms with Crippen molar-refractivity contribution in [2.24, 2.45) is 5.10 Å². The quantitative estimate of drug-likeness (QED) is 0.489. The van der Waals surface area contributed by atoms with Gasteiger partial charge in [-0.05, 0) is 53.9 Å². The zero-order valence-electron chi connectivity index (χ0n) is 16.9. The van der Waals surface area contributed by atoms with Gasteiger partial charge in [-0.3, -0.25) is 20.2 Å². The first-order valence-corrected chi connectivity index (χ1v) is 11.4. The lowest BCUT2D eigenvalue weighted by Gasteiger charge is -2.25. The number of anilines is 2. The average molecular weight is 486 g/mol. The van der Waals surface area contributed by atoms with Crippen molar-refractivity contribution in [1.82, 2.24) is 5.43 Å². The van der Waals surface area contributed by atoms with Crippen LogP contribution in [0.5, 0.6) is 0 Å². The Hall–Kier alpha value is -2.73. The van der Waals surface area contributed by atoms with Gasteiger partial charge in [0.1, 0.15) is 5.71 Å². The number of carbonyl (C=O) groups is 1. The molecule has 8 heteroatoms. The number of hydrazine groups is 1. The molecular formula is C24H19Cl3N4O. The van der Waals surface area contributed by atoms with E-state index >= 15 is 0 Å². The molecule has 0 saturated carbocycles. The van der Waals surface area contributed by atoms with Crippen molar-refractivity contribution in [1.29, 1.82) is 0 Å². The van der Waals surface area contributed by atoms with E-state index in [1.165, 1.54) is 5.56 Å². The van der Waals surface area contributed by atoms with Gasteiger partial charge in [0, 0.05) is 23.0 Å². The Labute approximate surface area is 201 Å². The fourth-order valence-corrected chi connectivity index (χ4v) is 4.74. The Balaban J connectivity index is 1.44. The molecule has 5 rings (SSSR count). The predicted octanol–water partition coefficient (Wildman–Crippen LogP) is 6.05. The summed E-state index contributed by atoms with van der Waals surface area (Å²) in [7, 11) is 0. The van der Waals surface area contributed by atoms with E-state index in [0.717, 1.165) is 24.2 Å². The molecule has 32 heavy (non-hydrogen) atoms. The molecule has 0 fully saturated rings. The molecule has 1 amide bonds. The molecule has 3 aromatic carbocycles. The highest BCUT2D eigenvalue weighted by Gasteiger charge is 2.34. The fraction of sp³-hybridized carbons (Fsp3) is 0.167. The van der Waals surface area contributed by atoms with Crippen LogP contribution in [0, 0.1) is 0 Å². The molecule has 2 aliphatic heterocycles. The highest BCUT2D eigenvalue weighted by atomic mass is 35.5. The number of benzene rings is 3. The summed E-state index contributed by atoms with van der Waals surface area (Å²) in [5.74, 6) is -0.228. The van der Waals surface area contributed by atoms with E-state index in [2.05, 4.69) is 16.6 Å². The van der Waals surface area contributed by atoms with E-state index in [1.807, 2.05) is 53.5 Å². The van der Waals surface area contributed by atoms with E-state index in [9.17, 15) is 4.79 Å². The zero-order chi connectivity index (χ0) is 22.2. The Morgan fingerprint density at radius 1 is 0.938 bits per heavy atom. The highest BCUT2D eigenvalue weighted by molar-refractivity contribution is 6.40. The van der Waals surface area contributed by atoms with Crippen molar-refractivity contribution in [3.8, 4) is 0 Å². The first-order valence-electron chi connectivity index (χ1n) is 10.2. The number of carbonyl (C=O) groups excluding carboxylic acids is 1. The second-order valence-electron chi connectivity index (χ2n) is 7.73. The van der Waals surface area contributed by atoms with Crippen LogP contribution in [0.3, 0.4) is 0 Å². The number of hydrogen-bond acceptors (Lipinski definition) is 4. The lowest BCUT2D eigenvalue weighted by Crippen LogP contribution is -2.44. The van der Waals surface area contributed by atoms with Crippen LogP contribution in [0.1, 0.15) is 23.6 Å². The average Bonchev–Trinajstić information content (AvgIpc) is 3.39. The topological polar surface area (TPSA) is 47.9 Å². The number of halogens is 3. The van der Waals surface area contributed by atoms with Crippen LogP contribution in [0.4, 0.5) is 11.4 Å². The van der Waals surface area contributed by atoms with Gasteiger partial charge in [0.2, 0.25) is 0 Å². The SMILES string of the molecule is O=C(NN1CCc2ccccc21)C1=NN(c2ccc(Cl)cc2Cl)[C@@H](c2ccc(Cl)cc2)C1. The van der Waals surface area contributed by atoms with Crippen molar-refractivity contribution in [2.45, 2.75) is 18.9 Å². The van der Waals surface area contributed by atoms with E-state index in [1.54, 1.807) is 17.1 Å².